The van der Waals surface area contributed by atoms with Crippen LogP contribution in [-0.2, 0) is 18.9 Å². The van der Waals surface area contributed by atoms with Gasteiger partial charge in [-0.15, -0.1) is 0 Å². The van der Waals surface area contributed by atoms with Crippen LogP contribution < -0.4 is 0 Å². The molecular formula is C53H92O5. The van der Waals surface area contributed by atoms with Crippen molar-refractivity contribution in [1.82, 2.24) is 0 Å². The van der Waals surface area contributed by atoms with E-state index < -0.39 is 6.16 Å². The maximum atomic E-state index is 11.2. The summed E-state index contributed by atoms with van der Waals surface area (Å²) in [5.41, 5.74) is 0. The molecule has 0 bridgehead atoms. The molecule has 0 N–H and O–H groups in total. The number of carbonyl (C=O) groups excluding carboxylic acids is 1. The average molecular weight is 809 g/mol. The number of carbonyl (C=O) groups is 1. The Morgan fingerprint density at radius 3 is 0.914 bits per heavy atom. The van der Waals surface area contributed by atoms with Gasteiger partial charge in [0.15, 0.2) is 0 Å². The smallest absolute Gasteiger partial charge is 0.462 e. The first-order valence-electron chi connectivity index (χ1n) is 23.6. The monoisotopic (exact) mass is 809 g/mol. The van der Waals surface area contributed by atoms with Crippen molar-refractivity contribution < 1.29 is 23.7 Å². The van der Waals surface area contributed by atoms with Gasteiger partial charge in [0, 0.05) is 12.8 Å². The molecule has 0 spiro atoms. The van der Waals surface area contributed by atoms with E-state index in [9.17, 15) is 4.79 Å². The summed E-state index contributed by atoms with van der Waals surface area (Å²) in [5, 5.41) is 0. The van der Waals surface area contributed by atoms with Gasteiger partial charge in [-0.25, -0.2) is 4.79 Å². The van der Waals surface area contributed by atoms with E-state index >= 15 is 0 Å². The molecule has 2 rings (SSSR count). The summed E-state index contributed by atoms with van der Waals surface area (Å²) in [6.07, 6.45) is 20.2. The van der Waals surface area contributed by atoms with Crippen LogP contribution in [0.1, 0.15) is 137 Å². The third-order valence-corrected chi connectivity index (χ3v) is 16.9. The summed E-state index contributed by atoms with van der Waals surface area (Å²) in [6.45, 7) is 48.6. The lowest BCUT2D eigenvalue weighted by Crippen LogP contribution is -2.29. The summed E-state index contributed by atoms with van der Waals surface area (Å²) >= 11 is 0. The minimum atomic E-state index is -0.544. The maximum Gasteiger partial charge on any atom is 0.508 e. The minimum Gasteiger partial charge on any atom is -0.462 e. The van der Waals surface area contributed by atoms with E-state index in [0.29, 0.717) is 126 Å². The van der Waals surface area contributed by atoms with Crippen LogP contribution in [0.15, 0.2) is 61.1 Å². The quantitative estimate of drug-likeness (QED) is 0.0679. The first kappa shape index (κ1) is 51.7. The Kier molecular flexibility index (Phi) is 22.1. The van der Waals surface area contributed by atoms with Crippen LogP contribution in [0, 0.1) is 107 Å². The molecule has 20 atom stereocenters. The molecule has 58 heavy (non-hydrogen) atoms. The van der Waals surface area contributed by atoms with Gasteiger partial charge >= 0.3 is 6.16 Å². The third kappa shape index (κ3) is 15.6. The highest BCUT2D eigenvalue weighted by Gasteiger charge is 2.32. The zero-order valence-electron chi connectivity index (χ0n) is 40.7. The van der Waals surface area contributed by atoms with E-state index in [0.717, 1.165) is 12.8 Å². The Labute approximate surface area is 359 Å². The van der Waals surface area contributed by atoms with Gasteiger partial charge < -0.3 is 18.9 Å². The zero-order chi connectivity index (χ0) is 44.0. The summed E-state index contributed by atoms with van der Waals surface area (Å²) in [4.78, 5) is 11.2. The van der Waals surface area contributed by atoms with Gasteiger partial charge in [-0.1, -0.05) is 173 Å². The number of rotatable bonds is 25. The summed E-state index contributed by atoms with van der Waals surface area (Å²) in [6, 6.07) is 0. The number of ether oxygens (including phenoxy) is 4. The molecule has 0 aromatic rings. The Hall–Kier alpha value is -2.43. The van der Waals surface area contributed by atoms with Crippen LogP contribution in [0.5, 0.6) is 0 Å². The van der Waals surface area contributed by atoms with Crippen LogP contribution in [0.4, 0.5) is 4.79 Å². The van der Waals surface area contributed by atoms with Crippen LogP contribution in [0.25, 0.3) is 0 Å². The topological polar surface area (TPSA) is 54.0 Å². The zero-order valence-corrected chi connectivity index (χ0v) is 40.7. The lowest BCUT2D eigenvalue weighted by Gasteiger charge is -2.36. The van der Waals surface area contributed by atoms with Gasteiger partial charge in [0.2, 0.25) is 0 Å². The molecule has 0 saturated carbocycles. The second-order valence-electron chi connectivity index (χ2n) is 20.3. The first-order valence-corrected chi connectivity index (χ1v) is 23.6. The molecular weight excluding hydrogens is 717 g/mol. The number of hydrogen-bond donors (Lipinski definition) is 0. The normalized spacial score (nSPS) is 27.3. The predicted octanol–water partition coefficient (Wildman–Crippen LogP) is 14.9. The van der Waals surface area contributed by atoms with Gasteiger partial charge in [0.1, 0.15) is 25.4 Å². The Bertz CT molecular complexity index is 1230. The molecule has 2 fully saturated rings. The van der Waals surface area contributed by atoms with Gasteiger partial charge in [0.25, 0.3) is 5.95 Å². The number of allylic oxidation sites excluding steroid dienone is 6. The molecule has 0 aromatic heterocycles. The molecule has 5 heteroatoms. The van der Waals surface area contributed by atoms with Crippen LogP contribution in [0.2, 0.25) is 0 Å². The van der Waals surface area contributed by atoms with Gasteiger partial charge in [-0.05, 0) is 113 Å². The van der Waals surface area contributed by atoms with E-state index in [1.807, 2.05) is 0 Å². The van der Waals surface area contributed by atoms with E-state index in [4.69, 9.17) is 18.9 Å². The highest BCUT2D eigenvalue weighted by molar-refractivity contribution is 5.61. The van der Waals surface area contributed by atoms with Gasteiger partial charge in [-0.2, -0.15) is 0 Å². The second kappa shape index (κ2) is 24.7. The molecule has 2 saturated heterocycles. The summed E-state index contributed by atoms with van der Waals surface area (Å²) in [7, 11) is 0. The van der Waals surface area contributed by atoms with Crippen molar-refractivity contribution in [1.29, 1.82) is 0 Å². The highest BCUT2D eigenvalue weighted by atomic mass is 16.8. The van der Waals surface area contributed by atoms with Gasteiger partial charge in [0.05, 0.1) is 0 Å². The molecule has 0 radical (unpaired) electrons. The molecule has 2 aliphatic rings. The van der Waals surface area contributed by atoms with E-state index in [1.165, 1.54) is 0 Å². The van der Waals surface area contributed by atoms with Crippen molar-refractivity contribution in [3.8, 4) is 0 Å². The summed E-state index contributed by atoms with van der Waals surface area (Å²) in [5.74, 6) is 10.9. The lowest BCUT2D eigenvalue weighted by molar-refractivity contribution is 0.118. The first-order chi connectivity index (χ1) is 27.1. The fourth-order valence-electron chi connectivity index (χ4n) is 9.43. The largest absolute Gasteiger partial charge is 0.508 e. The fourth-order valence-corrected chi connectivity index (χ4v) is 9.43. The van der Waals surface area contributed by atoms with Crippen LogP contribution in [0.3, 0.4) is 0 Å². The standard InChI is InChI=1S/C53H92O5/c1-32(22-20-24-51-30-55-50(19)57-51)38(7)44(13)46(15)40(9)34(3)26-28-36(5)42(11)48(17)49(18)43(12)37(6)29-27-35(4)41(10)47(16)45(14)39(8)33(2)23-21-25-52-31-56-53(54)58-52/h20-23,26-29,32-49,51-52H,19,24-25,30-31H2,1-18H3/b22-20+,23-21+,28-26+,29-27+. The number of hydrogen-bond acceptors (Lipinski definition) is 5. The SMILES string of the molecule is C=C1OCC(C/C=C/C(C)C(C)C(C)C(C)C(C)C(C)/C=C/C(C)C(C)C(C)C(C)C(C)C(C)/C=C/C(C)C(C)C(C)C(C)C(C)C(C)/C=C/CC2COC(=O)O2)O1. The lowest BCUT2D eigenvalue weighted by atomic mass is 9.69. The minimum absolute atomic E-state index is 0.100. The van der Waals surface area contributed by atoms with Crippen molar-refractivity contribution in [2.45, 2.75) is 150 Å². The van der Waals surface area contributed by atoms with Crippen LogP contribution >= 0.6 is 0 Å². The fraction of sp³-hybridized carbons (Fsp3) is 0.792. The molecule has 5 nitrogen and oxygen atoms in total. The summed E-state index contributed by atoms with van der Waals surface area (Å²) < 4.78 is 21.1. The van der Waals surface area contributed by atoms with Crippen LogP contribution in [-0.4, -0.2) is 31.6 Å². The average Bonchev–Trinajstić information content (AvgIpc) is 3.83. The number of cyclic esters (lactones) is 2. The van der Waals surface area contributed by atoms with Crippen molar-refractivity contribution in [3.63, 3.8) is 0 Å². The van der Waals surface area contributed by atoms with Crippen molar-refractivity contribution >= 4 is 6.16 Å². The second-order valence-corrected chi connectivity index (χ2v) is 20.3. The molecule has 0 aromatic carbocycles. The van der Waals surface area contributed by atoms with E-state index in [1.54, 1.807) is 0 Å². The maximum absolute atomic E-state index is 11.2. The molecule has 2 heterocycles. The van der Waals surface area contributed by atoms with Gasteiger partial charge in [-0.3, -0.25) is 0 Å². The Balaban J connectivity index is 1.87. The van der Waals surface area contributed by atoms with E-state index in [-0.39, 0.29) is 12.2 Å². The predicted molar refractivity (Wildman–Crippen MR) is 247 cm³/mol. The highest BCUT2D eigenvalue weighted by Crippen LogP contribution is 2.39. The molecule has 334 valence electrons. The molecule has 0 amide bonds. The Morgan fingerprint density at radius 1 is 0.414 bits per heavy atom. The molecule has 0 aliphatic carbocycles. The van der Waals surface area contributed by atoms with Crippen molar-refractivity contribution in [2.75, 3.05) is 13.2 Å². The molecule has 20 unspecified atom stereocenters. The third-order valence-electron chi connectivity index (χ3n) is 16.9. The van der Waals surface area contributed by atoms with E-state index in [2.05, 4.69) is 180 Å². The van der Waals surface area contributed by atoms with Crippen molar-refractivity contribution in [3.05, 3.63) is 61.1 Å². The molecule has 2 aliphatic heterocycles. The van der Waals surface area contributed by atoms with Crippen molar-refractivity contribution in [2.24, 2.45) is 107 Å². The Morgan fingerprint density at radius 2 is 0.672 bits per heavy atom.